The van der Waals surface area contributed by atoms with Gasteiger partial charge in [0.05, 0.1) is 0 Å². The van der Waals surface area contributed by atoms with Crippen LogP contribution in [0.2, 0.25) is 0 Å². The summed E-state index contributed by atoms with van der Waals surface area (Å²) in [4.78, 5) is 0. The van der Waals surface area contributed by atoms with Crippen molar-refractivity contribution in [2.45, 2.75) is 92.4 Å². The Bertz CT molecular complexity index is 82.0. The van der Waals surface area contributed by atoms with Gasteiger partial charge in [-0.05, 0) is 12.8 Å². The highest BCUT2D eigenvalue weighted by molar-refractivity contribution is 4.65. The zero-order valence-corrected chi connectivity index (χ0v) is 12.6. The number of hydrogen-bond acceptors (Lipinski definition) is 0. The molecule has 0 unspecified atom stereocenters. The minimum atomic E-state index is 1.20. The average molecular weight is 228 g/mol. The lowest BCUT2D eigenvalue weighted by atomic mass is 10.1. The Morgan fingerprint density at radius 1 is 0.688 bits per heavy atom. The Balaban J connectivity index is -0.000000205. The Morgan fingerprint density at radius 3 is 1.44 bits per heavy atom. The molecule has 0 bridgehead atoms. The summed E-state index contributed by atoms with van der Waals surface area (Å²) in [6, 6.07) is 0. The van der Waals surface area contributed by atoms with E-state index < -0.39 is 0 Å². The Kier molecular flexibility index (Phi) is 38.6. The fourth-order valence-corrected chi connectivity index (χ4v) is 1.25. The average Bonchev–Trinajstić information content (AvgIpc) is 2.33. The molecule has 0 aliphatic heterocycles. The van der Waals surface area contributed by atoms with Crippen LogP contribution in [-0.2, 0) is 0 Å². The van der Waals surface area contributed by atoms with Gasteiger partial charge in [0.1, 0.15) is 0 Å². The molecule has 0 amide bonds. The van der Waals surface area contributed by atoms with Crippen LogP contribution in [0.15, 0.2) is 12.7 Å². The fraction of sp³-hybridized carbons (Fsp3) is 0.875. The van der Waals surface area contributed by atoms with Gasteiger partial charge in [-0.15, -0.1) is 6.58 Å². The third kappa shape index (κ3) is 37.2. The predicted molar refractivity (Wildman–Crippen MR) is 80.1 cm³/mol. The standard InChI is InChI=1S/C9H18.C5H12.C2H6/c1-3-5-7-9-8-6-4-2;1-3-5-4-2;1-2/h3H,1,4-9H2,2H3;3-5H2,1-2H3;1-2H3. The summed E-state index contributed by atoms with van der Waals surface area (Å²) in [6.45, 7) is 14.3. The second kappa shape index (κ2) is 29.3. The first-order valence-electron chi connectivity index (χ1n) is 7.44. The molecule has 0 aromatic heterocycles. The molecular weight excluding hydrogens is 192 g/mol. The van der Waals surface area contributed by atoms with Gasteiger partial charge in [-0.1, -0.05) is 85.6 Å². The molecule has 0 N–H and O–H groups in total. The molecule has 0 heteroatoms. The van der Waals surface area contributed by atoms with Crippen molar-refractivity contribution in [3.8, 4) is 0 Å². The molecule has 0 spiro atoms. The zero-order valence-electron chi connectivity index (χ0n) is 12.6. The zero-order chi connectivity index (χ0) is 13.1. The van der Waals surface area contributed by atoms with E-state index in [2.05, 4.69) is 27.4 Å². The number of unbranched alkanes of at least 4 members (excludes halogenated alkanes) is 7. The van der Waals surface area contributed by atoms with E-state index in [4.69, 9.17) is 0 Å². The van der Waals surface area contributed by atoms with Crippen LogP contribution in [0.4, 0.5) is 0 Å². The summed E-state index contributed by atoms with van der Waals surface area (Å²) in [5, 5.41) is 0. The molecule has 0 nitrogen and oxygen atoms in total. The molecule has 0 heterocycles. The number of allylic oxidation sites excluding steroid dienone is 1. The maximum absolute atomic E-state index is 3.68. The summed E-state index contributed by atoms with van der Waals surface area (Å²) in [7, 11) is 0. The molecule has 0 rings (SSSR count). The Hall–Kier alpha value is -0.260. The molecule has 0 atom stereocenters. The van der Waals surface area contributed by atoms with Gasteiger partial charge in [-0.3, -0.25) is 0 Å². The lowest BCUT2D eigenvalue weighted by Crippen LogP contribution is -1.74. The molecular formula is C16H36. The summed E-state index contributed by atoms with van der Waals surface area (Å²) < 4.78 is 0. The van der Waals surface area contributed by atoms with E-state index in [-0.39, 0.29) is 0 Å². The van der Waals surface area contributed by atoms with Crippen LogP contribution in [0.25, 0.3) is 0 Å². The number of rotatable bonds is 8. The largest absolute Gasteiger partial charge is 0.103 e. The molecule has 16 heavy (non-hydrogen) atoms. The van der Waals surface area contributed by atoms with Gasteiger partial charge >= 0.3 is 0 Å². The van der Waals surface area contributed by atoms with Crippen molar-refractivity contribution in [2.24, 2.45) is 0 Å². The van der Waals surface area contributed by atoms with Gasteiger partial charge in [0.15, 0.2) is 0 Å². The van der Waals surface area contributed by atoms with Crippen molar-refractivity contribution < 1.29 is 0 Å². The second-order valence-corrected chi connectivity index (χ2v) is 3.85. The van der Waals surface area contributed by atoms with Crippen LogP contribution in [0.1, 0.15) is 92.4 Å². The molecule has 0 saturated heterocycles. The minimum Gasteiger partial charge on any atom is -0.103 e. The predicted octanol–water partition coefficient (Wildman–Crippen LogP) is 6.76. The van der Waals surface area contributed by atoms with E-state index in [0.29, 0.717) is 0 Å². The SMILES string of the molecule is C=CCCCCCCC.CC.CCCCC. The van der Waals surface area contributed by atoms with Gasteiger partial charge in [-0.2, -0.15) is 0 Å². The van der Waals surface area contributed by atoms with Crippen LogP contribution >= 0.6 is 0 Å². The van der Waals surface area contributed by atoms with Crippen LogP contribution in [0, 0.1) is 0 Å². The van der Waals surface area contributed by atoms with Gasteiger partial charge in [0, 0.05) is 0 Å². The minimum absolute atomic E-state index is 1.20. The molecule has 0 aliphatic carbocycles. The fourth-order valence-electron chi connectivity index (χ4n) is 1.25. The van der Waals surface area contributed by atoms with E-state index >= 15 is 0 Å². The molecule has 0 aliphatic rings. The van der Waals surface area contributed by atoms with Crippen LogP contribution in [0.5, 0.6) is 0 Å². The third-order valence-corrected chi connectivity index (χ3v) is 2.22. The summed E-state index contributed by atoms with van der Waals surface area (Å²) in [6.07, 6.45) is 14.2. The van der Waals surface area contributed by atoms with E-state index in [1.54, 1.807) is 0 Å². The van der Waals surface area contributed by atoms with Gasteiger partial charge in [0.25, 0.3) is 0 Å². The molecule has 0 aromatic rings. The highest BCUT2D eigenvalue weighted by atomic mass is 13.9. The van der Waals surface area contributed by atoms with Crippen molar-refractivity contribution in [2.75, 3.05) is 0 Å². The van der Waals surface area contributed by atoms with Crippen LogP contribution < -0.4 is 0 Å². The van der Waals surface area contributed by atoms with Gasteiger partial charge < -0.3 is 0 Å². The molecule has 0 saturated carbocycles. The van der Waals surface area contributed by atoms with Crippen molar-refractivity contribution in [1.29, 1.82) is 0 Å². The molecule has 0 fully saturated rings. The highest BCUT2D eigenvalue weighted by Gasteiger charge is 1.84. The maximum Gasteiger partial charge on any atom is -0.0353 e. The molecule has 0 radical (unpaired) electrons. The summed E-state index contributed by atoms with van der Waals surface area (Å²) >= 11 is 0. The molecule has 0 aromatic carbocycles. The van der Waals surface area contributed by atoms with Crippen molar-refractivity contribution in [3.63, 3.8) is 0 Å². The lowest BCUT2D eigenvalue weighted by molar-refractivity contribution is 0.638. The maximum atomic E-state index is 3.68. The van der Waals surface area contributed by atoms with E-state index in [1.807, 2.05) is 19.9 Å². The van der Waals surface area contributed by atoms with Crippen molar-refractivity contribution in [3.05, 3.63) is 12.7 Å². The van der Waals surface area contributed by atoms with E-state index in [1.165, 1.54) is 57.8 Å². The number of hydrogen-bond donors (Lipinski definition) is 0. The lowest BCUT2D eigenvalue weighted by Gasteiger charge is -1.94. The van der Waals surface area contributed by atoms with Crippen LogP contribution in [0.3, 0.4) is 0 Å². The smallest absolute Gasteiger partial charge is 0.0353 e. The summed E-state index contributed by atoms with van der Waals surface area (Å²) in [5.74, 6) is 0. The first-order valence-corrected chi connectivity index (χ1v) is 7.44. The topological polar surface area (TPSA) is 0 Å². The van der Waals surface area contributed by atoms with Crippen molar-refractivity contribution in [1.82, 2.24) is 0 Å². The summed E-state index contributed by atoms with van der Waals surface area (Å²) in [5.41, 5.74) is 0. The quantitative estimate of drug-likeness (QED) is 0.318. The first-order chi connectivity index (χ1) is 7.83. The highest BCUT2D eigenvalue weighted by Crippen LogP contribution is 2.04. The Labute approximate surface area is 106 Å². The normalized spacial score (nSPS) is 8.31. The third-order valence-electron chi connectivity index (χ3n) is 2.22. The van der Waals surface area contributed by atoms with E-state index in [9.17, 15) is 0 Å². The monoisotopic (exact) mass is 228 g/mol. The van der Waals surface area contributed by atoms with Gasteiger partial charge in [-0.25, -0.2) is 0 Å². The Morgan fingerprint density at radius 2 is 1.12 bits per heavy atom. The van der Waals surface area contributed by atoms with Gasteiger partial charge in [0.2, 0.25) is 0 Å². The first kappa shape index (κ1) is 21.1. The second-order valence-electron chi connectivity index (χ2n) is 3.85. The molecule has 100 valence electrons. The van der Waals surface area contributed by atoms with Crippen LogP contribution in [-0.4, -0.2) is 0 Å². The van der Waals surface area contributed by atoms with Crippen molar-refractivity contribution >= 4 is 0 Å². The van der Waals surface area contributed by atoms with E-state index in [0.717, 1.165) is 0 Å².